The molecule has 0 atom stereocenters. The maximum absolute atomic E-state index is 12.3. The number of nitrogens with zero attached hydrogens (tertiary/aromatic N) is 2. The van der Waals surface area contributed by atoms with Gasteiger partial charge in [-0.3, -0.25) is 4.79 Å². The number of carbonyl (C=O) groups is 1. The van der Waals surface area contributed by atoms with Crippen LogP contribution < -0.4 is 10.2 Å². The number of fused-ring (bicyclic) bond motifs is 1. The molecule has 1 aromatic heterocycles. The Labute approximate surface area is 154 Å². The number of aryl methyl sites for hydroxylation is 1. The zero-order chi connectivity index (χ0) is 17.9. The molecule has 5 heteroatoms. The van der Waals surface area contributed by atoms with E-state index in [1.165, 1.54) is 31.2 Å². The standard InChI is InChI=1S/C21H27N3O2/c1-15-12-20(24-8-10-26-11-9-24)23-19-7-6-17(14-18(15)19)22-21(25)13-16-4-2-3-5-16/h6-7,12,14,16H,2-5,8-11,13H2,1H3,(H,22,25). The summed E-state index contributed by atoms with van der Waals surface area (Å²) in [5, 5.41) is 4.17. The molecule has 1 aliphatic heterocycles. The first-order chi connectivity index (χ1) is 12.7. The van der Waals surface area contributed by atoms with Crippen LogP contribution in [0.5, 0.6) is 0 Å². The van der Waals surface area contributed by atoms with Gasteiger partial charge < -0.3 is 15.0 Å². The van der Waals surface area contributed by atoms with E-state index in [0.717, 1.165) is 48.7 Å². The van der Waals surface area contributed by atoms with Gasteiger partial charge in [0, 0.05) is 30.6 Å². The number of hydrogen-bond donors (Lipinski definition) is 1. The van der Waals surface area contributed by atoms with Gasteiger partial charge in [0.25, 0.3) is 0 Å². The summed E-state index contributed by atoms with van der Waals surface area (Å²) in [5.41, 5.74) is 3.02. The van der Waals surface area contributed by atoms with E-state index in [4.69, 9.17) is 9.72 Å². The van der Waals surface area contributed by atoms with E-state index in [1.54, 1.807) is 0 Å². The summed E-state index contributed by atoms with van der Waals surface area (Å²) in [7, 11) is 0. The van der Waals surface area contributed by atoms with E-state index in [-0.39, 0.29) is 5.91 Å². The molecule has 1 saturated carbocycles. The van der Waals surface area contributed by atoms with Gasteiger partial charge in [-0.1, -0.05) is 12.8 Å². The summed E-state index contributed by atoms with van der Waals surface area (Å²) in [6, 6.07) is 8.16. The molecule has 0 radical (unpaired) electrons. The molecule has 1 amide bonds. The molecule has 1 aromatic carbocycles. The topological polar surface area (TPSA) is 54.5 Å². The molecule has 0 unspecified atom stereocenters. The summed E-state index contributed by atoms with van der Waals surface area (Å²) in [6.45, 7) is 5.38. The lowest BCUT2D eigenvalue weighted by Crippen LogP contribution is -2.36. The van der Waals surface area contributed by atoms with Crippen LogP contribution in [0.1, 0.15) is 37.7 Å². The van der Waals surface area contributed by atoms with Crippen molar-refractivity contribution in [1.29, 1.82) is 0 Å². The van der Waals surface area contributed by atoms with Crippen molar-refractivity contribution in [3.63, 3.8) is 0 Å². The zero-order valence-corrected chi connectivity index (χ0v) is 15.5. The predicted octanol–water partition coefficient (Wildman–Crippen LogP) is 3.90. The van der Waals surface area contributed by atoms with E-state index in [0.29, 0.717) is 12.3 Å². The SMILES string of the molecule is Cc1cc(N2CCOCC2)nc2ccc(NC(=O)CC3CCCC3)cc12. The summed E-state index contributed by atoms with van der Waals surface area (Å²) in [6.07, 6.45) is 5.57. The molecule has 2 aliphatic rings. The average Bonchev–Trinajstić information content (AvgIpc) is 3.15. The van der Waals surface area contributed by atoms with Crippen molar-refractivity contribution in [1.82, 2.24) is 4.98 Å². The van der Waals surface area contributed by atoms with Gasteiger partial charge in [0.2, 0.25) is 5.91 Å². The molecule has 4 rings (SSSR count). The largest absolute Gasteiger partial charge is 0.378 e. The van der Waals surface area contributed by atoms with E-state index >= 15 is 0 Å². The second-order valence-corrected chi connectivity index (χ2v) is 7.53. The third-order valence-corrected chi connectivity index (χ3v) is 5.57. The van der Waals surface area contributed by atoms with E-state index in [2.05, 4.69) is 23.2 Å². The Morgan fingerprint density at radius 3 is 2.77 bits per heavy atom. The predicted molar refractivity (Wildman–Crippen MR) is 105 cm³/mol. The van der Waals surface area contributed by atoms with Crippen molar-refractivity contribution in [2.75, 3.05) is 36.5 Å². The van der Waals surface area contributed by atoms with Gasteiger partial charge in [0.15, 0.2) is 0 Å². The molecule has 0 spiro atoms. The number of nitrogens with one attached hydrogen (secondary N) is 1. The minimum Gasteiger partial charge on any atom is -0.378 e. The lowest BCUT2D eigenvalue weighted by molar-refractivity contribution is -0.117. The first-order valence-corrected chi connectivity index (χ1v) is 9.73. The summed E-state index contributed by atoms with van der Waals surface area (Å²) in [5.74, 6) is 1.71. The molecular weight excluding hydrogens is 326 g/mol. The van der Waals surface area contributed by atoms with Gasteiger partial charge >= 0.3 is 0 Å². The summed E-state index contributed by atoms with van der Waals surface area (Å²) in [4.78, 5) is 19.4. The second kappa shape index (κ2) is 7.62. The minimum atomic E-state index is 0.131. The Kier molecular flexibility index (Phi) is 5.07. The van der Waals surface area contributed by atoms with E-state index in [9.17, 15) is 4.79 Å². The molecular formula is C21H27N3O2. The van der Waals surface area contributed by atoms with E-state index < -0.39 is 0 Å². The van der Waals surface area contributed by atoms with Crippen molar-refractivity contribution in [2.24, 2.45) is 5.92 Å². The van der Waals surface area contributed by atoms with Crippen LogP contribution in [0.25, 0.3) is 10.9 Å². The number of carbonyl (C=O) groups excluding carboxylic acids is 1. The number of anilines is 2. The molecule has 0 bridgehead atoms. The highest BCUT2D eigenvalue weighted by molar-refractivity contribution is 5.94. The lowest BCUT2D eigenvalue weighted by Gasteiger charge is -2.28. The maximum atomic E-state index is 12.3. The van der Waals surface area contributed by atoms with Crippen molar-refractivity contribution in [2.45, 2.75) is 39.0 Å². The van der Waals surface area contributed by atoms with Crippen LogP contribution in [0.4, 0.5) is 11.5 Å². The molecule has 2 heterocycles. The molecule has 5 nitrogen and oxygen atoms in total. The van der Waals surface area contributed by atoms with E-state index in [1.807, 2.05) is 18.2 Å². The van der Waals surface area contributed by atoms with Crippen LogP contribution in [-0.4, -0.2) is 37.2 Å². The third kappa shape index (κ3) is 3.83. The monoisotopic (exact) mass is 353 g/mol. The van der Waals surface area contributed by atoms with Gasteiger partial charge in [0.1, 0.15) is 5.82 Å². The number of amides is 1. The number of hydrogen-bond acceptors (Lipinski definition) is 4. The Morgan fingerprint density at radius 1 is 1.23 bits per heavy atom. The maximum Gasteiger partial charge on any atom is 0.224 e. The fourth-order valence-corrected chi connectivity index (χ4v) is 4.10. The quantitative estimate of drug-likeness (QED) is 0.906. The van der Waals surface area contributed by atoms with Crippen LogP contribution in [0.2, 0.25) is 0 Å². The van der Waals surface area contributed by atoms with Gasteiger partial charge in [-0.15, -0.1) is 0 Å². The number of morpholine rings is 1. The summed E-state index contributed by atoms with van der Waals surface area (Å²) < 4.78 is 5.43. The van der Waals surface area contributed by atoms with Crippen molar-refractivity contribution >= 4 is 28.3 Å². The van der Waals surface area contributed by atoms with Gasteiger partial charge in [0.05, 0.1) is 18.7 Å². The molecule has 2 fully saturated rings. The summed E-state index contributed by atoms with van der Waals surface area (Å²) >= 11 is 0. The van der Waals surface area contributed by atoms with Gasteiger partial charge in [-0.05, 0) is 55.5 Å². The smallest absolute Gasteiger partial charge is 0.224 e. The van der Waals surface area contributed by atoms with Gasteiger partial charge in [-0.2, -0.15) is 0 Å². The molecule has 138 valence electrons. The molecule has 26 heavy (non-hydrogen) atoms. The Hall–Kier alpha value is -2.14. The fraction of sp³-hybridized carbons (Fsp3) is 0.524. The number of ether oxygens (including phenoxy) is 1. The molecule has 1 aliphatic carbocycles. The fourth-order valence-electron chi connectivity index (χ4n) is 4.10. The first kappa shape index (κ1) is 17.3. The second-order valence-electron chi connectivity index (χ2n) is 7.53. The average molecular weight is 353 g/mol. The highest BCUT2D eigenvalue weighted by Crippen LogP contribution is 2.29. The highest BCUT2D eigenvalue weighted by atomic mass is 16.5. The van der Waals surface area contributed by atoms with Crippen LogP contribution in [0.15, 0.2) is 24.3 Å². The Morgan fingerprint density at radius 2 is 2.00 bits per heavy atom. The zero-order valence-electron chi connectivity index (χ0n) is 15.5. The molecule has 1 saturated heterocycles. The van der Waals surface area contributed by atoms with Gasteiger partial charge in [-0.25, -0.2) is 4.98 Å². The van der Waals surface area contributed by atoms with Crippen LogP contribution in [-0.2, 0) is 9.53 Å². The third-order valence-electron chi connectivity index (χ3n) is 5.57. The number of rotatable bonds is 4. The normalized spacial score (nSPS) is 18.4. The van der Waals surface area contributed by atoms with Crippen molar-refractivity contribution in [3.05, 3.63) is 29.8 Å². The molecule has 1 N–H and O–H groups in total. The lowest BCUT2D eigenvalue weighted by atomic mass is 10.0. The Bertz CT molecular complexity index is 793. The highest BCUT2D eigenvalue weighted by Gasteiger charge is 2.19. The first-order valence-electron chi connectivity index (χ1n) is 9.73. The number of benzene rings is 1. The minimum absolute atomic E-state index is 0.131. The molecule has 2 aromatic rings. The van der Waals surface area contributed by atoms with Crippen LogP contribution in [0, 0.1) is 12.8 Å². The van der Waals surface area contributed by atoms with Crippen LogP contribution >= 0.6 is 0 Å². The van der Waals surface area contributed by atoms with Crippen molar-refractivity contribution < 1.29 is 9.53 Å². The number of pyridine rings is 1. The number of aromatic nitrogens is 1. The Balaban J connectivity index is 1.51. The van der Waals surface area contributed by atoms with Crippen LogP contribution in [0.3, 0.4) is 0 Å². The van der Waals surface area contributed by atoms with Crippen molar-refractivity contribution in [3.8, 4) is 0 Å².